The Balaban J connectivity index is 2.11. The lowest BCUT2D eigenvalue weighted by atomic mass is 9.70. The summed E-state index contributed by atoms with van der Waals surface area (Å²) < 4.78 is 25.8. The first-order chi connectivity index (χ1) is 9.60. The molecule has 1 unspecified atom stereocenters. The van der Waals surface area contributed by atoms with E-state index in [1.165, 1.54) is 0 Å². The third-order valence-electron chi connectivity index (χ3n) is 4.45. The highest BCUT2D eigenvalue weighted by atomic mass is 19.1. The van der Waals surface area contributed by atoms with E-state index in [-0.39, 0.29) is 30.1 Å². The number of hydrogen-bond acceptors (Lipinski definition) is 3. The molecule has 0 saturated carbocycles. The Morgan fingerprint density at radius 2 is 2.10 bits per heavy atom. The summed E-state index contributed by atoms with van der Waals surface area (Å²) in [5, 5.41) is 3.44. The highest BCUT2D eigenvalue weighted by Crippen LogP contribution is 2.35. The first-order valence-corrected chi connectivity index (χ1v) is 7.75. The highest BCUT2D eigenvalue weighted by molar-refractivity contribution is 6.59. The number of allylic oxidation sites excluding steroid dienone is 2. The van der Waals surface area contributed by atoms with E-state index in [1.807, 2.05) is 6.08 Å². The molecule has 5 heteroatoms. The van der Waals surface area contributed by atoms with Gasteiger partial charge in [-0.25, -0.2) is 4.39 Å². The van der Waals surface area contributed by atoms with Crippen LogP contribution >= 0.6 is 0 Å². The Hall–Kier alpha value is -0.645. The Bertz CT molecular complexity index is 441. The Labute approximate surface area is 128 Å². The maximum absolute atomic E-state index is 13.9. The minimum atomic E-state index is -0.311. The van der Waals surface area contributed by atoms with E-state index in [4.69, 9.17) is 9.39 Å². The average Bonchev–Trinajstić information content (AvgIpc) is 2.55. The third-order valence-corrected chi connectivity index (χ3v) is 4.45. The van der Waals surface area contributed by atoms with Gasteiger partial charge in [0.05, 0.1) is 11.7 Å². The highest BCUT2D eigenvalue weighted by Gasteiger charge is 2.50. The summed E-state index contributed by atoms with van der Waals surface area (Å²) in [6, 6.07) is 0. The molecule has 0 aromatic heterocycles. The largest absolute Gasteiger partial charge is 0.416 e. The van der Waals surface area contributed by atoms with Crippen molar-refractivity contribution in [2.75, 3.05) is 6.61 Å². The monoisotopic (exact) mass is 295 g/mol. The summed E-state index contributed by atoms with van der Waals surface area (Å²) in [6.07, 6.45) is 3.67. The van der Waals surface area contributed by atoms with Crippen LogP contribution in [-0.4, -0.2) is 30.9 Å². The fourth-order valence-corrected chi connectivity index (χ4v) is 2.46. The molecule has 118 valence electrons. The van der Waals surface area contributed by atoms with Gasteiger partial charge in [0.15, 0.2) is 0 Å². The molecule has 0 aromatic rings. The molecule has 1 atom stereocenters. The van der Waals surface area contributed by atoms with Crippen molar-refractivity contribution in [1.29, 1.82) is 0 Å². The zero-order valence-electron chi connectivity index (χ0n) is 14.0. The van der Waals surface area contributed by atoms with Crippen molar-refractivity contribution in [2.24, 2.45) is 5.92 Å². The third kappa shape index (κ3) is 3.76. The lowest BCUT2D eigenvalue weighted by Crippen LogP contribution is -2.49. The van der Waals surface area contributed by atoms with Gasteiger partial charge >= 0.3 is 7.05 Å². The van der Waals surface area contributed by atoms with Crippen LogP contribution in [0.2, 0.25) is 0 Å². The van der Waals surface area contributed by atoms with E-state index in [2.05, 4.69) is 46.8 Å². The van der Waals surface area contributed by atoms with Crippen molar-refractivity contribution in [3.8, 4) is 0 Å². The van der Waals surface area contributed by atoms with Gasteiger partial charge in [-0.2, -0.15) is 0 Å². The average molecular weight is 295 g/mol. The number of nitrogens with one attached hydrogen (secondary N) is 1. The smallest absolute Gasteiger partial charge is 0.411 e. The van der Waals surface area contributed by atoms with E-state index in [1.54, 1.807) is 6.08 Å². The second-order valence-corrected chi connectivity index (χ2v) is 7.51. The number of rotatable bonds is 4. The molecule has 0 aromatic carbocycles. The summed E-state index contributed by atoms with van der Waals surface area (Å²) in [7, 11) is -0.286. The zero-order valence-corrected chi connectivity index (χ0v) is 14.0. The number of halogens is 1. The van der Waals surface area contributed by atoms with E-state index >= 15 is 0 Å². The SMILES string of the molecule is CC(C)COC1C=C(B2NC(C)(C)C(C)(C)O2)C=C(F)C1. The van der Waals surface area contributed by atoms with Crippen molar-refractivity contribution < 1.29 is 13.8 Å². The van der Waals surface area contributed by atoms with Crippen LogP contribution in [-0.2, 0) is 9.39 Å². The minimum absolute atomic E-state index is 0.144. The van der Waals surface area contributed by atoms with Crippen molar-refractivity contribution in [2.45, 2.75) is 65.2 Å². The molecule has 0 spiro atoms. The Morgan fingerprint density at radius 1 is 1.43 bits per heavy atom. The van der Waals surface area contributed by atoms with Gasteiger partial charge in [0.2, 0.25) is 0 Å². The first kappa shape index (κ1) is 16.7. The quantitative estimate of drug-likeness (QED) is 0.806. The van der Waals surface area contributed by atoms with Gasteiger partial charge in [-0.05, 0) is 45.2 Å². The summed E-state index contributed by atoms with van der Waals surface area (Å²) >= 11 is 0. The summed E-state index contributed by atoms with van der Waals surface area (Å²) in [4.78, 5) is 0. The van der Waals surface area contributed by atoms with Gasteiger partial charge < -0.3 is 14.6 Å². The first-order valence-electron chi connectivity index (χ1n) is 7.75. The van der Waals surface area contributed by atoms with Crippen molar-refractivity contribution in [1.82, 2.24) is 5.23 Å². The van der Waals surface area contributed by atoms with Gasteiger partial charge in [-0.3, -0.25) is 0 Å². The molecule has 1 heterocycles. The molecule has 2 rings (SSSR count). The second-order valence-electron chi connectivity index (χ2n) is 7.51. The topological polar surface area (TPSA) is 30.5 Å². The molecule has 0 amide bonds. The van der Waals surface area contributed by atoms with Crippen molar-refractivity contribution in [3.05, 3.63) is 23.5 Å². The number of ether oxygens (including phenoxy) is 1. The van der Waals surface area contributed by atoms with Crippen LogP contribution in [0.1, 0.15) is 48.0 Å². The van der Waals surface area contributed by atoms with Crippen LogP contribution in [0.25, 0.3) is 0 Å². The summed E-state index contributed by atoms with van der Waals surface area (Å²) in [6.45, 7) is 13.1. The van der Waals surface area contributed by atoms with Gasteiger partial charge in [-0.15, -0.1) is 0 Å². The fraction of sp³-hybridized carbons (Fsp3) is 0.750. The van der Waals surface area contributed by atoms with Gasteiger partial charge in [0, 0.05) is 18.6 Å². The molecule has 3 nitrogen and oxygen atoms in total. The van der Waals surface area contributed by atoms with Crippen LogP contribution in [0.4, 0.5) is 4.39 Å². The van der Waals surface area contributed by atoms with E-state index in [9.17, 15) is 4.39 Å². The van der Waals surface area contributed by atoms with Crippen LogP contribution in [0.15, 0.2) is 23.5 Å². The minimum Gasteiger partial charge on any atom is -0.411 e. The fourth-order valence-electron chi connectivity index (χ4n) is 2.46. The summed E-state index contributed by atoms with van der Waals surface area (Å²) in [5.74, 6) is 0.295. The number of hydrogen-bond donors (Lipinski definition) is 1. The zero-order chi connectivity index (χ0) is 15.8. The molecule has 1 aliphatic carbocycles. The lowest BCUT2D eigenvalue weighted by molar-refractivity contribution is 0.0604. The molecule has 1 N–H and O–H groups in total. The molecule has 1 saturated heterocycles. The molecular weight excluding hydrogens is 268 g/mol. The van der Waals surface area contributed by atoms with E-state index < -0.39 is 0 Å². The maximum Gasteiger partial charge on any atom is 0.416 e. The predicted molar refractivity (Wildman–Crippen MR) is 84.6 cm³/mol. The van der Waals surface area contributed by atoms with E-state index in [0.717, 1.165) is 5.47 Å². The Kier molecular flexibility index (Phi) is 4.67. The normalized spacial score (nSPS) is 27.8. The lowest BCUT2D eigenvalue weighted by Gasteiger charge is -2.33. The van der Waals surface area contributed by atoms with Crippen LogP contribution in [0.5, 0.6) is 0 Å². The Morgan fingerprint density at radius 3 is 2.62 bits per heavy atom. The molecule has 21 heavy (non-hydrogen) atoms. The maximum atomic E-state index is 13.9. The molecule has 2 aliphatic rings. The predicted octanol–water partition coefficient (Wildman–Crippen LogP) is 3.42. The molecule has 1 fully saturated rings. The van der Waals surface area contributed by atoms with Crippen molar-refractivity contribution >= 4 is 7.05 Å². The molecule has 0 bridgehead atoms. The molecule has 0 radical (unpaired) electrons. The van der Waals surface area contributed by atoms with Crippen LogP contribution in [0.3, 0.4) is 0 Å². The van der Waals surface area contributed by atoms with Crippen LogP contribution in [0, 0.1) is 5.92 Å². The summed E-state index contributed by atoms with van der Waals surface area (Å²) in [5.41, 5.74) is 0.342. The van der Waals surface area contributed by atoms with Gasteiger partial charge in [0.25, 0.3) is 0 Å². The standard InChI is InChI=1S/C16H27BFNO2/c1-11(2)10-20-14-8-12(7-13(18)9-14)17-19-15(3,4)16(5,6)21-17/h7-8,11,14,19H,9-10H2,1-6H3. The van der Waals surface area contributed by atoms with E-state index in [0.29, 0.717) is 18.9 Å². The second kappa shape index (κ2) is 5.86. The molecule has 1 aliphatic heterocycles. The molecular formula is C16H27BFNO2. The van der Waals surface area contributed by atoms with Gasteiger partial charge in [0.1, 0.15) is 5.83 Å². The van der Waals surface area contributed by atoms with Crippen LogP contribution < -0.4 is 5.23 Å². The van der Waals surface area contributed by atoms with Crippen molar-refractivity contribution in [3.63, 3.8) is 0 Å². The van der Waals surface area contributed by atoms with Gasteiger partial charge in [-0.1, -0.05) is 19.9 Å².